The first-order valence-corrected chi connectivity index (χ1v) is 3.76. The number of cyclic esters (lactones) is 1. The number of esters is 1. The standard InChI is InChI=1S/C8H13FO2/c1-8(2,3)5-4-6(9)11-7(5)10/h5-6H,4H2,1-3H3. The van der Waals surface area contributed by atoms with E-state index in [9.17, 15) is 9.18 Å². The van der Waals surface area contributed by atoms with E-state index in [-0.39, 0.29) is 17.8 Å². The van der Waals surface area contributed by atoms with E-state index in [1.807, 2.05) is 20.8 Å². The molecule has 0 N–H and O–H groups in total. The van der Waals surface area contributed by atoms with Crippen LogP contribution in [0.3, 0.4) is 0 Å². The van der Waals surface area contributed by atoms with Crippen LogP contribution in [0.15, 0.2) is 0 Å². The Morgan fingerprint density at radius 3 is 2.27 bits per heavy atom. The van der Waals surface area contributed by atoms with Crippen molar-refractivity contribution >= 4 is 5.97 Å². The lowest BCUT2D eigenvalue weighted by Gasteiger charge is -2.22. The van der Waals surface area contributed by atoms with Crippen LogP contribution in [0.1, 0.15) is 27.2 Å². The molecule has 2 unspecified atom stereocenters. The summed E-state index contributed by atoms with van der Waals surface area (Å²) in [4.78, 5) is 11.0. The van der Waals surface area contributed by atoms with Crippen molar-refractivity contribution in [2.45, 2.75) is 33.5 Å². The molecular formula is C8H13FO2. The molecular weight excluding hydrogens is 147 g/mol. The zero-order valence-electron chi connectivity index (χ0n) is 7.06. The molecule has 0 radical (unpaired) electrons. The van der Waals surface area contributed by atoms with E-state index in [4.69, 9.17) is 0 Å². The van der Waals surface area contributed by atoms with Gasteiger partial charge in [0.15, 0.2) is 0 Å². The Labute approximate surface area is 65.7 Å². The van der Waals surface area contributed by atoms with E-state index in [1.54, 1.807) is 0 Å². The first-order chi connectivity index (χ1) is 4.91. The fourth-order valence-electron chi connectivity index (χ4n) is 1.24. The van der Waals surface area contributed by atoms with Gasteiger partial charge in [-0.1, -0.05) is 20.8 Å². The fraction of sp³-hybridized carbons (Fsp3) is 0.875. The van der Waals surface area contributed by atoms with Crippen molar-refractivity contribution in [2.75, 3.05) is 0 Å². The zero-order chi connectivity index (χ0) is 8.65. The first-order valence-electron chi connectivity index (χ1n) is 3.76. The minimum Gasteiger partial charge on any atom is -0.431 e. The van der Waals surface area contributed by atoms with Gasteiger partial charge in [0.1, 0.15) is 0 Å². The number of hydrogen-bond acceptors (Lipinski definition) is 2. The smallest absolute Gasteiger partial charge is 0.312 e. The van der Waals surface area contributed by atoms with Gasteiger partial charge in [0.2, 0.25) is 6.36 Å². The second-order valence-electron chi connectivity index (χ2n) is 4.00. The highest BCUT2D eigenvalue weighted by molar-refractivity contribution is 5.75. The second kappa shape index (κ2) is 2.47. The van der Waals surface area contributed by atoms with Crippen molar-refractivity contribution in [1.29, 1.82) is 0 Å². The van der Waals surface area contributed by atoms with Gasteiger partial charge in [-0.25, -0.2) is 4.39 Å². The molecule has 1 heterocycles. The predicted octanol–water partition coefficient (Wildman–Crippen LogP) is 1.89. The van der Waals surface area contributed by atoms with E-state index in [0.29, 0.717) is 0 Å². The highest BCUT2D eigenvalue weighted by Crippen LogP contribution is 2.36. The molecule has 0 aromatic heterocycles. The Morgan fingerprint density at radius 1 is 1.55 bits per heavy atom. The predicted molar refractivity (Wildman–Crippen MR) is 38.6 cm³/mol. The molecule has 2 atom stereocenters. The minimum absolute atomic E-state index is 0.183. The van der Waals surface area contributed by atoms with Crippen LogP contribution in [0.5, 0.6) is 0 Å². The van der Waals surface area contributed by atoms with Crippen molar-refractivity contribution < 1.29 is 13.9 Å². The largest absolute Gasteiger partial charge is 0.431 e. The minimum atomic E-state index is -1.38. The van der Waals surface area contributed by atoms with Crippen molar-refractivity contribution in [3.8, 4) is 0 Å². The Morgan fingerprint density at radius 2 is 2.09 bits per heavy atom. The summed E-state index contributed by atoms with van der Waals surface area (Å²) in [5.74, 6) is -0.678. The number of carbonyl (C=O) groups excluding carboxylic acids is 1. The molecule has 0 spiro atoms. The lowest BCUT2D eigenvalue weighted by Crippen LogP contribution is -2.24. The summed E-state index contributed by atoms with van der Waals surface area (Å²) in [6, 6.07) is 0. The van der Waals surface area contributed by atoms with Crippen LogP contribution >= 0.6 is 0 Å². The molecule has 0 saturated carbocycles. The molecule has 1 rings (SSSR count). The van der Waals surface area contributed by atoms with Gasteiger partial charge in [0.25, 0.3) is 0 Å². The molecule has 0 aromatic carbocycles. The van der Waals surface area contributed by atoms with Crippen LogP contribution in [0.4, 0.5) is 4.39 Å². The zero-order valence-corrected chi connectivity index (χ0v) is 7.06. The molecule has 3 heteroatoms. The van der Waals surface area contributed by atoms with Crippen LogP contribution in [-0.4, -0.2) is 12.3 Å². The number of rotatable bonds is 0. The molecule has 11 heavy (non-hydrogen) atoms. The van der Waals surface area contributed by atoms with Gasteiger partial charge < -0.3 is 4.74 Å². The maximum absolute atomic E-state index is 12.5. The fourth-order valence-corrected chi connectivity index (χ4v) is 1.24. The summed E-state index contributed by atoms with van der Waals surface area (Å²) < 4.78 is 16.9. The maximum atomic E-state index is 12.5. The molecule has 2 nitrogen and oxygen atoms in total. The van der Waals surface area contributed by atoms with Crippen LogP contribution in [0.25, 0.3) is 0 Å². The second-order valence-corrected chi connectivity index (χ2v) is 4.00. The number of halogens is 1. The average Bonchev–Trinajstić information content (AvgIpc) is 2.08. The highest BCUT2D eigenvalue weighted by atomic mass is 19.1. The lowest BCUT2D eigenvalue weighted by molar-refractivity contribution is -0.151. The van der Waals surface area contributed by atoms with E-state index in [2.05, 4.69) is 4.74 Å². The van der Waals surface area contributed by atoms with Crippen LogP contribution in [0, 0.1) is 11.3 Å². The molecule has 0 aliphatic carbocycles. The van der Waals surface area contributed by atoms with E-state index in [0.717, 1.165) is 0 Å². The number of hydrogen-bond donors (Lipinski definition) is 0. The average molecular weight is 160 g/mol. The van der Waals surface area contributed by atoms with E-state index in [1.165, 1.54) is 0 Å². The van der Waals surface area contributed by atoms with Gasteiger partial charge >= 0.3 is 5.97 Å². The molecule has 0 amide bonds. The topological polar surface area (TPSA) is 26.3 Å². The normalized spacial score (nSPS) is 32.2. The third kappa shape index (κ3) is 1.70. The summed E-state index contributed by atoms with van der Waals surface area (Å²) in [6.07, 6.45) is -1.17. The molecule has 64 valence electrons. The Bertz CT molecular complexity index is 171. The van der Waals surface area contributed by atoms with Crippen LogP contribution < -0.4 is 0 Å². The highest BCUT2D eigenvalue weighted by Gasteiger charge is 2.41. The number of ether oxygens (including phenoxy) is 1. The van der Waals surface area contributed by atoms with Crippen molar-refractivity contribution in [1.82, 2.24) is 0 Å². The SMILES string of the molecule is CC(C)(C)C1CC(F)OC1=O. The summed E-state index contributed by atoms with van der Waals surface area (Å²) in [5.41, 5.74) is -0.183. The van der Waals surface area contributed by atoms with Crippen LogP contribution in [-0.2, 0) is 9.53 Å². The van der Waals surface area contributed by atoms with Crippen molar-refractivity contribution in [2.24, 2.45) is 11.3 Å². The van der Waals surface area contributed by atoms with Gasteiger partial charge in [0.05, 0.1) is 5.92 Å². The summed E-state index contributed by atoms with van der Waals surface area (Å²) >= 11 is 0. The quantitative estimate of drug-likeness (QED) is 0.506. The third-order valence-electron chi connectivity index (χ3n) is 1.99. The number of alkyl halides is 1. The summed E-state index contributed by atoms with van der Waals surface area (Å²) in [7, 11) is 0. The maximum Gasteiger partial charge on any atom is 0.312 e. The van der Waals surface area contributed by atoms with Gasteiger partial charge in [-0.15, -0.1) is 0 Å². The molecule has 0 aromatic rings. The van der Waals surface area contributed by atoms with E-state index >= 15 is 0 Å². The Kier molecular flexibility index (Phi) is 1.90. The number of carbonyl (C=O) groups is 1. The molecule has 1 aliphatic rings. The molecule has 1 saturated heterocycles. The van der Waals surface area contributed by atoms with Crippen molar-refractivity contribution in [3.05, 3.63) is 0 Å². The molecule has 1 aliphatic heterocycles. The van der Waals surface area contributed by atoms with Crippen molar-refractivity contribution in [3.63, 3.8) is 0 Å². The van der Waals surface area contributed by atoms with E-state index < -0.39 is 12.3 Å². The van der Waals surface area contributed by atoms with Gasteiger partial charge in [0, 0.05) is 6.42 Å². The molecule has 0 bridgehead atoms. The van der Waals surface area contributed by atoms with Gasteiger partial charge in [-0.3, -0.25) is 4.79 Å². The molecule has 1 fully saturated rings. The summed E-state index contributed by atoms with van der Waals surface area (Å²) in [6.45, 7) is 5.74. The first kappa shape index (κ1) is 8.50. The lowest BCUT2D eigenvalue weighted by atomic mass is 9.80. The summed E-state index contributed by atoms with van der Waals surface area (Å²) in [5, 5.41) is 0. The van der Waals surface area contributed by atoms with Gasteiger partial charge in [-0.2, -0.15) is 0 Å². The van der Waals surface area contributed by atoms with Gasteiger partial charge in [-0.05, 0) is 5.41 Å². The monoisotopic (exact) mass is 160 g/mol. The van der Waals surface area contributed by atoms with Crippen LogP contribution in [0.2, 0.25) is 0 Å². The third-order valence-corrected chi connectivity index (χ3v) is 1.99. The Hall–Kier alpha value is -0.600. The Balaban J connectivity index is 2.68.